The van der Waals surface area contributed by atoms with E-state index in [2.05, 4.69) is 21.3 Å². The molecule has 2 saturated heterocycles. The molecule has 154 valence electrons. The van der Waals surface area contributed by atoms with Gasteiger partial charge in [0.1, 0.15) is 5.82 Å². The summed E-state index contributed by atoms with van der Waals surface area (Å²) in [5, 5.41) is 3.86. The summed E-state index contributed by atoms with van der Waals surface area (Å²) in [6, 6.07) is 11.7. The van der Waals surface area contributed by atoms with E-state index >= 15 is 0 Å². The molecule has 0 atom stereocenters. The van der Waals surface area contributed by atoms with Crippen molar-refractivity contribution in [2.45, 2.75) is 44.1 Å². The maximum atomic E-state index is 13.4. The van der Waals surface area contributed by atoms with Crippen LogP contribution in [0.2, 0.25) is 5.02 Å². The number of hydrogen-bond donors (Lipinski definition) is 1. The molecule has 2 aliphatic heterocycles. The minimum Gasteiger partial charge on any atom is -0.381 e. The molecule has 2 fully saturated rings. The largest absolute Gasteiger partial charge is 0.381 e. The Kier molecular flexibility index (Phi) is 6.36. The van der Waals surface area contributed by atoms with Gasteiger partial charge in [-0.05, 0) is 55.9 Å². The zero-order valence-corrected chi connectivity index (χ0v) is 17.5. The SMILES string of the molecule is O=C(NCc1cccnc1N1CCCCC1)C1(c2cccc(Cl)c2)CCOCC1. The first-order valence-electron chi connectivity index (χ1n) is 10.5. The first-order chi connectivity index (χ1) is 14.2. The molecule has 29 heavy (non-hydrogen) atoms. The molecule has 5 nitrogen and oxygen atoms in total. The molecule has 0 radical (unpaired) electrons. The van der Waals surface area contributed by atoms with Crippen LogP contribution >= 0.6 is 11.6 Å². The number of rotatable bonds is 5. The lowest BCUT2D eigenvalue weighted by molar-refractivity contribution is -0.130. The molecule has 1 amide bonds. The highest BCUT2D eigenvalue weighted by Gasteiger charge is 2.41. The molecular formula is C23H28ClN3O2. The molecule has 6 heteroatoms. The van der Waals surface area contributed by atoms with E-state index in [0.29, 0.717) is 37.6 Å². The first-order valence-corrected chi connectivity index (χ1v) is 10.9. The fourth-order valence-electron chi connectivity index (χ4n) is 4.46. The Balaban J connectivity index is 1.54. The third kappa shape index (κ3) is 4.41. The molecule has 1 aromatic heterocycles. The number of nitrogens with one attached hydrogen (secondary N) is 1. The van der Waals surface area contributed by atoms with Crippen molar-refractivity contribution >= 4 is 23.3 Å². The Morgan fingerprint density at radius 3 is 2.69 bits per heavy atom. The Labute approximate surface area is 177 Å². The van der Waals surface area contributed by atoms with Crippen molar-refractivity contribution in [2.75, 3.05) is 31.2 Å². The van der Waals surface area contributed by atoms with Gasteiger partial charge in [-0.1, -0.05) is 29.8 Å². The summed E-state index contributed by atoms with van der Waals surface area (Å²) in [4.78, 5) is 20.4. The van der Waals surface area contributed by atoms with Gasteiger partial charge < -0.3 is 15.0 Å². The van der Waals surface area contributed by atoms with Gasteiger partial charge in [0.15, 0.2) is 0 Å². The summed E-state index contributed by atoms with van der Waals surface area (Å²) in [5.74, 6) is 1.03. The van der Waals surface area contributed by atoms with Crippen molar-refractivity contribution in [3.8, 4) is 0 Å². The lowest BCUT2D eigenvalue weighted by Gasteiger charge is -2.36. The number of carbonyl (C=O) groups is 1. The average Bonchev–Trinajstić information content (AvgIpc) is 2.78. The molecular weight excluding hydrogens is 386 g/mol. The fourth-order valence-corrected chi connectivity index (χ4v) is 4.65. The predicted octanol–water partition coefficient (Wildman–Crippen LogP) is 4.09. The number of benzene rings is 1. The second-order valence-corrected chi connectivity index (χ2v) is 8.36. The first kappa shape index (κ1) is 20.2. The molecule has 2 aromatic rings. The standard InChI is InChI=1S/C23H28ClN3O2/c24-20-8-4-7-19(16-20)23(9-14-29-15-10-23)22(28)26-17-18-6-5-11-25-21(18)27-12-2-1-3-13-27/h4-8,11,16H,1-3,9-10,12-15,17H2,(H,26,28). The quantitative estimate of drug-likeness (QED) is 0.802. The molecule has 0 aliphatic carbocycles. The van der Waals surface area contributed by atoms with Crippen LogP contribution in [0.3, 0.4) is 0 Å². The average molecular weight is 414 g/mol. The number of pyridine rings is 1. The van der Waals surface area contributed by atoms with E-state index in [-0.39, 0.29) is 5.91 Å². The molecule has 0 saturated carbocycles. The second kappa shape index (κ2) is 9.14. The maximum Gasteiger partial charge on any atom is 0.231 e. The smallest absolute Gasteiger partial charge is 0.231 e. The van der Waals surface area contributed by atoms with Gasteiger partial charge in [-0.2, -0.15) is 0 Å². The highest BCUT2D eigenvalue weighted by atomic mass is 35.5. The van der Waals surface area contributed by atoms with Crippen LogP contribution in [0.15, 0.2) is 42.6 Å². The summed E-state index contributed by atoms with van der Waals surface area (Å²) in [7, 11) is 0. The lowest BCUT2D eigenvalue weighted by Crippen LogP contribution is -2.48. The van der Waals surface area contributed by atoms with Gasteiger partial charge in [0.05, 0.1) is 5.41 Å². The Hall–Kier alpha value is -2.11. The fraction of sp³-hybridized carbons (Fsp3) is 0.478. The highest BCUT2D eigenvalue weighted by Crippen LogP contribution is 2.36. The van der Waals surface area contributed by atoms with Gasteiger partial charge in [-0.15, -0.1) is 0 Å². The Morgan fingerprint density at radius 2 is 1.93 bits per heavy atom. The normalized spacial score (nSPS) is 19.0. The molecule has 0 unspecified atom stereocenters. The topological polar surface area (TPSA) is 54.5 Å². The molecule has 2 aliphatic rings. The molecule has 1 N–H and O–H groups in total. The van der Waals surface area contributed by atoms with Crippen LogP contribution in [-0.4, -0.2) is 37.2 Å². The van der Waals surface area contributed by atoms with Gasteiger partial charge >= 0.3 is 0 Å². The van der Waals surface area contributed by atoms with Crippen LogP contribution in [-0.2, 0) is 21.5 Å². The van der Waals surface area contributed by atoms with Gasteiger partial charge in [0.2, 0.25) is 5.91 Å². The predicted molar refractivity (Wildman–Crippen MR) is 115 cm³/mol. The van der Waals surface area contributed by atoms with Crippen LogP contribution in [0.25, 0.3) is 0 Å². The summed E-state index contributed by atoms with van der Waals surface area (Å²) in [5.41, 5.74) is 1.43. The zero-order valence-electron chi connectivity index (χ0n) is 16.7. The number of hydrogen-bond acceptors (Lipinski definition) is 4. The minimum absolute atomic E-state index is 0.0384. The third-order valence-corrected chi connectivity index (χ3v) is 6.36. The number of ether oxygens (including phenoxy) is 1. The monoisotopic (exact) mass is 413 g/mol. The third-order valence-electron chi connectivity index (χ3n) is 6.12. The molecule has 0 bridgehead atoms. The van der Waals surface area contributed by atoms with Gasteiger partial charge in [-0.3, -0.25) is 4.79 Å². The van der Waals surface area contributed by atoms with Crippen molar-refractivity contribution in [2.24, 2.45) is 0 Å². The molecule has 3 heterocycles. The van der Waals surface area contributed by atoms with Crippen LogP contribution in [0, 0.1) is 0 Å². The Morgan fingerprint density at radius 1 is 1.14 bits per heavy atom. The molecule has 4 rings (SSSR count). The van der Waals surface area contributed by atoms with Crippen molar-refractivity contribution < 1.29 is 9.53 Å². The van der Waals surface area contributed by atoms with Crippen LogP contribution in [0.5, 0.6) is 0 Å². The number of amides is 1. The number of piperidine rings is 1. The summed E-state index contributed by atoms with van der Waals surface area (Å²) < 4.78 is 5.56. The lowest BCUT2D eigenvalue weighted by atomic mass is 9.73. The van der Waals surface area contributed by atoms with Crippen molar-refractivity contribution in [3.05, 3.63) is 58.7 Å². The van der Waals surface area contributed by atoms with Crippen LogP contribution in [0.4, 0.5) is 5.82 Å². The van der Waals surface area contributed by atoms with E-state index < -0.39 is 5.41 Å². The number of halogens is 1. The molecule has 0 spiro atoms. The Bertz CT molecular complexity index is 846. The van der Waals surface area contributed by atoms with Crippen LogP contribution < -0.4 is 10.2 Å². The van der Waals surface area contributed by atoms with E-state index in [1.807, 2.05) is 36.5 Å². The summed E-state index contributed by atoms with van der Waals surface area (Å²) in [6.07, 6.45) is 6.82. The van der Waals surface area contributed by atoms with E-state index in [1.54, 1.807) is 0 Å². The number of carbonyl (C=O) groups excluding carboxylic acids is 1. The van der Waals surface area contributed by atoms with E-state index in [9.17, 15) is 4.79 Å². The van der Waals surface area contributed by atoms with Gasteiger partial charge in [0.25, 0.3) is 0 Å². The van der Waals surface area contributed by atoms with E-state index in [4.69, 9.17) is 16.3 Å². The highest BCUT2D eigenvalue weighted by molar-refractivity contribution is 6.30. The number of nitrogens with zero attached hydrogens (tertiary/aromatic N) is 2. The minimum atomic E-state index is -0.601. The molecule has 1 aromatic carbocycles. The maximum absolute atomic E-state index is 13.4. The number of aromatic nitrogens is 1. The van der Waals surface area contributed by atoms with Crippen molar-refractivity contribution in [3.63, 3.8) is 0 Å². The number of anilines is 1. The summed E-state index contributed by atoms with van der Waals surface area (Å²) >= 11 is 6.23. The van der Waals surface area contributed by atoms with Gasteiger partial charge in [0, 0.05) is 49.6 Å². The van der Waals surface area contributed by atoms with Crippen LogP contribution in [0.1, 0.15) is 43.2 Å². The summed E-state index contributed by atoms with van der Waals surface area (Å²) in [6.45, 7) is 3.68. The van der Waals surface area contributed by atoms with Crippen molar-refractivity contribution in [1.29, 1.82) is 0 Å². The van der Waals surface area contributed by atoms with E-state index in [0.717, 1.165) is 30.0 Å². The second-order valence-electron chi connectivity index (χ2n) is 7.92. The van der Waals surface area contributed by atoms with Crippen molar-refractivity contribution in [1.82, 2.24) is 10.3 Å². The zero-order chi connectivity index (χ0) is 20.1. The van der Waals surface area contributed by atoms with Gasteiger partial charge in [-0.25, -0.2) is 4.98 Å². The van der Waals surface area contributed by atoms with E-state index in [1.165, 1.54) is 19.3 Å².